The Morgan fingerprint density at radius 3 is 2.30 bits per heavy atom. The number of anilines is 1. The number of piperidine rings is 1. The van der Waals surface area contributed by atoms with Gasteiger partial charge in [0.25, 0.3) is 0 Å². The summed E-state index contributed by atoms with van der Waals surface area (Å²) in [6.45, 7) is 10.7. The predicted molar refractivity (Wildman–Crippen MR) is 88.0 cm³/mol. The molecule has 1 aliphatic heterocycles. The average Bonchev–Trinajstić information content (AvgIpc) is 2.41. The van der Waals surface area contributed by atoms with Gasteiger partial charge in [-0.1, -0.05) is 45.7 Å². The molecule has 0 aromatic heterocycles. The summed E-state index contributed by atoms with van der Waals surface area (Å²) in [7, 11) is 0. The molecule has 2 heteroatoms. The van der Waals surface area contributed by atoms with E-state index in [0.29, 0.717) is 0 Å². The summed E-state index contributed by atoms with van der Waals surface area (Å²) >= 11 is 0. The number of nitrogens with two attached hydrogens (primary N) is 1. The molecule has 1 fully saturated rings. The van der Waals surface area contributed by atoms with Crippen LogP contribution in [0, 0.1) is 5.92 Å². The molecule has 1 aromatic rings. The minimum atomic E-state index is 0.200. The van der Waals surface area contributed by atoms with E-state index in [1.807, 2.05) is 12.1 Å². The topological polar surface area (TPSA) is 29.3 Å². The van der Waals surface area contributed by atoms with E-state index in [2.05, 4.69) is 37.8 Å². The van der Waals surface area contributed by atoms with Crippen LogP contribution in [0.15, 0.2) is 24.3 Å². The monoisotopic (exact) mass is 274 g/mol. The lowest BCUT2D eigenvalue weighted by Gasteiger charge is -2.37. The van der Waals surface area contributed by atoms with Crippen molar-refractivity contribution >= 4 is 5.69 Å². The van der Waals surface area contributed by atoms with Crippen molar-refractivity contribution in [3.8, 4) is 0 Å². The van der Waals surface area contributed by atoms with E-state index in [-0.39, 0.29) is 5.41 Å². The van der Waals surface area contributed by atoms with Crippen LogP contribution in [0.25, 0.3) is 0 Å². The van der Waals surface area contributed by atoms with E-state index in [0.717, 1.165) is 18.2 Å². The summed E-state index contributed by atoms with van der Waals surface area (Å²) in [5, 5.41) is 0. The smallest absolute Gasteiger partial charge is 0.0314 e. The average molecular weight is 274 g/mol. The SMILES string of the molecule is CCCC1CCN(CC(C)(C)c2ccc(N)cc2)CC1. The van der Waals surface area contributed by atoms with Crippen LogP contribution in [0.1, 0.15) is 52.0 Å². The van der Waals surface area contributed by atoms with Crippen LogP contribution in [-0.4, -0.2) is 24.5 Å². The normalized spacial score (nSPS) is 18.4. The van der Waals surface area contributed by atoms with Crippen LogP contribution in [0.3, 0.4) is 0 Å². The number of nitrogens with zero attached hydrogens (tertiary/aromatic N) is 1. The van der Waals surface area contributed by atoms with Crippen molar-refractivity contribution in [1.29, 1.82) is 0 Å². The number of hydrogen-bond donors (Lipinski definition) is 1. The van der Waals surface area contributed by atoms with Crippen LogP contribution in [-0.2, 0) is 5.41 Å². The maximum absolute atomic E-state index is 5.79. The van der Waals surface area contributed by atoms with Gasteiger partial charge in [-0.15, -0.1) is 0 Å². The first-order valence-electron chi connectivity index (χ1n) is 8.09. The highest BCUT2D eigenvalue weighted by molar-refractivity contribution is 5.41. The van der Waals surface area contributed by atoms with E-state index in [1.165, 1.54) is 44.3 Å². The van der Waals surface area contributed by atoms with Gasteiger partial charge in [0.1, 0.15) is 0 Å². The summed E-state index contributed by atoms with van der Waals surface area (Å²) in [5.74, 6) is 0.968. The molecule has 0 aliphatic carbocycles. The fourth-order valence-electron chi connectivity index (χ4n) is 3.43. The van der Waals surface area contributed by atoms with Gasteiger partial charge >= 0.3 is 0 Å². The summed E-state index contributed by atoms with van der Waals surface area (Å²) in [5.41, 5.74) is 8.23. The Morgan fingerprint density at radius 1 is 1.15 bits per heavy atom. The van der Waals surface area contributed by atoms with Gasteiger partial charge < -0.3 is 10.6 Å². The van der Waals surface area contributed by atoms with Crippen molar-refractivity contribution < 1.29 is 0 Å². The largest absolute Gasteiger partial charge is 0.399 e. The standard InChI is InChI=1S/C18H30N2/c1-4-5-15-10-12-20(13-11-15)14-18(2,3)16-6-8-17(19)9-7-16/h6-9,15H,4-5,10-14,19H2,1-3H3. The summed E-state index contributed by atoms with van der Waals surface area (Å²) in [6, 6.07) is 8.40. The third-order valence-corrected chi connectivity index (χ3v) is 4.72. The molecule has 2 N–H and O–H groups in total. The van der Waals surface area contributed by atoms with Gasteiger partial charge in [-0.25, -0.2) is 0 Å². The van der Waals surface area contributed by atoms with Crippen LogP contribution < -0.4 is 5.73 Å². The zero-order chi connectivity index (χ0) is 14.6. The van der Waals surface area contributed by atoms with Crippen LogP contribution in [0.4, 0.5) is 5.69 Å². The second-order valence-electron chi connectivity index (χ2n) is 7.01. The van der Waals surface area contributed by atoms with Crippen LogP contribution >= 0.6 is 0 Å². The molecule has 0 saturated carbocycles. The molecule has 0 unspecified atom stereocenters. The molecule has 112 valence electrons. The number of nitrogen functional groups attached to an aromatic ring is 1. The molecule has 1 aromatic carbocycles. The Morgan fingerprint density at radius 2 is 1.75 bits per heavy atom. The highest BCUT2D eigenvalue weighted by atomic mass is 15.1. The van der Waals surface area contributed by atoms with Gasteiger partial charge in [0.05, 0.1) is 0 Å². The van der Waals surface area contributed by atoms with Crippen LogP contribution in [0.2, 0.25) is 0 Å². The zero-order valence-corrected chi connectivity index (χ0v) is 13.4. The van der Waals surface area contributed by atoms with Gasteiger partial charge in [-0.3, -0.25) is 0 Å². The Bertz CT molecular complexity index is 400. The highest BCUT2D eigenvalue weighted by Gasteiger charge is 2.26. The van der Waals surface area contributed by atoms with Crippen molar-refractivity contribution in [3.05, 3.63) is 29.8 Å². The molecule has 0 atom stereocenters. The van der Waals surface area contributed by atoms with Crippen molar-refractivity contribution in [1.82, 2.24) is 4.90 Å². The fourth-order valence-corrected chi connectivity index (χ4v) is 3.43. The summed E-state index contributed by atoms with van der Waals surface area (Å²) in [4.78, 5) is 2.64. The van der Waals surface area contributed by atoms with Gasteiger partial charge in [0.15, 0.2) is 0 Å². The molecule has 0 amide bonds. The minimum absolute atomic E-state index is 0.200. The quantitative estimate of drug-likeness (QED) is 0.820. The lowest BCUT2D eigenvalue weighted by atomic mass is 9.83. The van der Waals surface area contributed by atoms with E-state index in [9.17, 15) is 0 Å². The maximum atomic E-state index is 5.79. The van der Waals surface area contributed by atoms with E-state index in [1.54, 1.807) is 0 Å². The summed E-state index contributed by atoms with van der Waals surface area (Å²) < 4.78 is 0. The Labute approximate surface area is 124 Å². The number of benzene rings is 1. The molecule has 2 nitrogen and oxygen atoms in total. The molecule has 1 aliphatic rings. The predicted octanol–water partition coefficient (Wildman–Crippen LogP) is 4.06. The van der Waals surface area contributed by atoms with Gasteiger partial charge in [0, 0.05) is 17.6 Å². The van der Waals surface area contributed by atoms with E-state index in [4.69, 9.17) is 5.73 Å². The van der Waals surface area contributed by atoms with Gasteiger partial charge in [-0.05, 0) is 49.5 Å². The summed E-state index contributed by atoms with van der Waals surface area (Å²) in [6.07, 6.45) is 5.51. The lowest BCUT2D eigenvalue weighted by molar-refractivity contribution is 0.152. The minimum Gasteiger partial charge on any atom is -0.399 e. The Hall–Kier alpha value is -1.02. The van der Waals surface area contributed by atoms with Gasteiger partial charge in [0.2, 0.25) is 0 Å². The first-order chi connectivity index (χ1) is 9.51. The number of hydrogen-bond acceptors (Lipinski definition) is 2. The number of likely N-dealkylation sites (tertiary alicyclic amines) is 1. The highest BCUT2D eigenvalue weighted by Crippen LogP contribution is 2.28. The fraction of sp³-hybridized carbons (Fsp3) is 0.667. The Kier molecular flexibility index (Phi) is 5.09. The lowest BCUT2D eigenvalue weighted by Crippen LogP contribution is -2.41. The zero-order valence-electron chi connectivity index (χ0n) is 13.4. The molecular formula is C18H30N2. The van der Waals surface area contributed by atoms with Crippen molar-refractivity contribution in [2.24, 2.45) is 5.92 Å². The molecule has 20 heavy (non-hydrogen) atoms. The molecule has 1 heterocycles. The first-order valence-corrected chi connectivity index (χ1v) is 8.09. The molecule has 0 bridgehead atoms. The number of rotatable bonds is 5. The second kappa shape index (κ2) is 6.62. The molecule has 0 radical (unpaired) electrons. The van der Waals surface area contributed by atoms with Crippen molar-refractivity contribution in [3.63, 3.8) is 0 Å². The van der Waals surface area contributed by atoms with Crippen LogP contribution in [0.5, 0.6) is 0 Å². The first kappa shape index (κ1) is 15.4. The van der Waals surface area contributed by atoms with E-state index >= 15 is 0 Å². The third kappa shape index (κ3) is 3.99. The Balaban J connectivity index is 1.91. The molecule has 1 saturated heterocycles. The molecular weight excluding hydrogens is 244 g/mol. The second-order valence-corrected chi connectivity index (χ2v) is 7.01. The maximum Gasteiger partial charge on any atom is 0.0314 e. The van der Waals surface area contributed by atoms with Crippen molar-refractivity contribution in [2.75, 3.05) is 25.4 Å². The molecule has 0 spiro atoms. The van der Waals surface area contributed by atoms with Gasteiger partial charge in [-0.2, -0.15) is 0 Å². The third-order valence-electron chi connectivity index (χ3n) is 4.72. The van der Waals surface area contributed by atoms with E-state index < -0.39 is 0 Å². The van der Waals surface area contributed by atoms with Crippen molar-refractivity contribution in [2.45, 2.75) is 51.9 Å². The molecule has 2 rings (SSSR count).